The first-order valence-corrected chi connectivity index (χ1v) is 7.60. The van der Waals surface area contributed by atoms with Crippen LogP contribution < -0.4 is 5.32 Å². The van der Waals surface area contributed by atoms with E-state index in [2.05, 4.69) is 49.0 Å². The normalized spacial score (nSPS) is 17.6. The van der Waals surface area contributed by atoms with Crippen molar-refractivity contribution in [2.45, 2.75) is 31.8 Å². The third-order valence-electron chi connectivity index (χ3n) is 3.76. The van der Waals surface area contributed by atoms with E-state index in [4.69, 9.17) is 0 Å². The largest absolute Gasteiger partial charge is 0.337 e. The minimum Gasteiger partial charge on any atom is -0.337 e. The lowest BCUT2D eigenvalue weighted by molar-refractivity contribution is 0.499. The summed E-state index contributed by atoms with van der Waals surface area (Å²) in [4.78, 5) is 4.06. The second-order valence-corrected chi connectivity index (χ2v) is 5.86. The van der Waals surface area contributed by atoms with Crippen molar-refractivity contribution >= 4 is 15.9 Å². The molecule has 0 amide bonds. The fourth-order valence-electron chi connectivity index (χ4n) is 2.78. The summed E-state index contributed by atoms with van der Waals surface area (Å²) in [6.45, 7) is 2.08. The summed E-state index contributed by atoms with van der Waals surface area (Å²) in [5, 5.41) is 3.67. The Morgan fingerprint density at radius 1 is 1.42 bits per heavy atom. The summed E-state index contributed by atoms with van der Waals surface area (Å²) in [5.74, 6) is 0. The molecule has 0 fully saturated rings. The Bertz CT molecular complexity index is 536. The number of benzene rings is 1. The number of rotatable bonds is 5. The van der Waals surface area contributed by atoms with Crippen LogP contribution in [0.3, 0.4) is 0 Å². The van der Waals surface area contributed by atoms with E-state index in [-0.39, 0.29) is 0 Å². The number of fused-ring (bicyclic) bond motifs is 1. The minimum absolute atomic E-state index is 0.523. The predicted octanol–water partition coefficient (Wildman–Crippen LogP) is 3.31. The van der Waals surface area contributed by atoms with E-state index in [1.54, 1.807) is 0 Å². The van der Waals surface area contributed by atoms with E-state index in [0.717, 1.165) is 19.5 Å². The molecule has 0 radical (unpaired) electrons. The fourth-order valence-corrected chi connectivity index (χ4v) is 3.36. The van der Waals surface area contributed by atoms with Gasteiger partial charge in [0.2, 0.25) is 0 Å². The van der Waals surface area contributed by atoms with Gasteiger partial charge >= 0.3 is 0 Å². The van der Waals surface area contributed by atoms with Crippen LogP contribution in [-0.4, -0.2) is 16.1 Å². The van der Waals surface area contributed by atoms with Gasteiger partial charge in [0.1, 0.15) is 0 Å². The molecule has 0 bridgehead atoms. The molecule has 1 unspecified atom stereocenters. The lowest BCUT2D eigenvalue weighted by Gasteiger charge is -2.14. The Balaban J connectivity index is 1.51. The van der Waals surface area contributed by atoms with Gasteiger partial charge in [0, 0.05) is 29.5 Å². The van der Waals surface area contributed by atoms with E-state index < -0.39 is 0 Å². The molecule has 3 nitrogen and oxygen atoms in total. The number of aromatic nitrogens is 2. The van der Waals surface area contributed by atoms with E-state index in [0.29, 0.717) is 6.04 Å². The summed E-state index contributed by atoms with van der Waals surface area (Å²) in [6, 6.07) is 7.05. The third kappa shape index (κ3) is 2.90. The molecule has 3 rings (SSSR count). The van der Waals surface area contributed by atoms with E-state index >= 15 is 0 Å². The van der Waals surface area contributed by atoms with Crippen molar-refractivity contribution < 1.29 is 0 Å². The quantitative estimate of drug-likeness (QED) is 0.857. The van der Waals surface area contributed by atoms with Crippen LogP contribution in [0.2, 0.25) is 0 Å². The lowest BCUT2D eigenvalue weighted by Crippen LogP contribution is -2.21. The zero-order chi connectivity index (χ0) is 13.1. The van der Waals surface area contributed by atoms with Crippen LogP contribution in [0.25, 0.3) is 0 Å². The number of imidazole rings is 1. The van der Waals surface area contributed by atoms with Crippen LogP contribution in [0.1, 0.15) is 30.0 Å². The van der Waals surface area contributed by atoms with Gasteiger partial charge in [-0.05, 0) is 43.0 Å². The highest BCUT2D eigenvalue weighted by Gasteiger charge is 2.22. The third-order valence-corrected chi connectivity index (χ3v) is 4.50. The highest BCUT2D eigenvalue weighted by atomic mass is 79.9. The van der Waals surface area contributed by atoms with Crippen LogP contribution in [-0.2, 0) is 13.0 Å². The highest BCUT2D eigenvalue weighted by Crippen LogP contribution is 2.35. The first-order chi connectivity index (χ1) is 9.34. The molecule has 1 heterocycles. The molecule has 0 saturated heterocycles. The second kappa shape index (κ2) is 5.88. The molecule has 0 spiro atoms. The molecule has 1 N–H and O–H groups in total. The SMILES string of the molecule is Brc1cccc2c1CCC2NCCCn1ccnc1. The van der Waals surface area contributed by atoms with Crippen molar-refractivity contribution in [2.24, 2.45) is 0 Å². The Kier molecular flexibility index (Phi) is 3.99. The molecule has 0 saturated carbocycles. The van der Waals surface area contributed by atoms with Crippen LogP contribution >= 0.6 is 15.9 Å². The molecule has 1 atom stereocenters. The maximum absolute atomic E-state index is 4.06. The van der Waals surface area contributed by atoms with Crippen molar-refractivity contribution in [1.82, 2.24) is 14.9 Å². The number of nitrogens with one attached hydrogen (secondary N) is 1. The van der Waals surface area contributed by atoms with Crippen LogP contribution in [0.4, 0.5) is 0 Å². The number of halogens is 1. The van der Waals surface area contributed by atoms with E-state index in [1.807, 2.05) is 18.7 Å². The molecule has 19 heavy (non-hydrogen) atoms. The molecule has 4 heteroatoms. The van der Waals surface area contributed by atoms with Crippen molar-refractivity contribution in [1.29, 1.82) is 0 Å². The maximum atomic E-state index is 4.06. The van der Waals surface area contributed by atoms with Gasteiger partial charge in [0.25, 0.3) is 0 Å². The van der Waals surface area contributed by atoms with Gasteiger partial charge in [-0.1, -0.05) is 28.1 Å². The zero-order valence-corrected chi connectivity index (χ0v) is 12.4. The summed E-state index contributed by atoms with van der Waals surface area (Å²) >= 11 is 3.64. The fraction of sp³-hybridized carbons (Fsp3) is 0.400. The first-order valence-electron chi connectivity index (χ1n) is 6.81. The highest BCUT2D eigenvalue weighted by molar-refractivity contribution is 9.10. The monoisotopic (exact) mass is 319 g/mol. The average Bonchev–Trinajstić information content (AvgIpc) is 3.05. The van der Waals surface area contributed by atoms with Gasteiger partial charge < -0.3 is 9.88 Å². The number of hydrogen-bond acceptors (Lipinski definition) is 2. The smallest absolute Gasteiger partial charge is 0.0945 e. The molecule has 1 aliphatic carbocycles. The molecular weight excluding hydrogens is 302 g/mol. The summed E-state index contributed by atoms with van der Waals surface area (Å²) in [5.41, 5.74) is 2.95. The Morgan fingerprint density at radius 3 is 3.21 bits per heavy atom. The minimum atomic E-state index is 0.523. The van der Waals surface area contributed by atoms with Gasteiger partial charge in [-0.2, -0.15) is 0 Å². The molecule has 2 aromatic rings. The van der Waals surface area contributed by atoms with Gasteiger partial charge in [-0.15, -0.1) is 0 Å². The average molecular weight is 320 g/mol. The Labute approximate surface area is 122 Å². The second-order valence-electron chi connectivity index (χ2n) is 5.01. The van der Waals surface area contributed by atoms with E-state index in [9.17, 15) is 0 Å². The van der Waals surface area contributed by atoms with Crippen LogP contribution in [0.15, 0.2) is 41.4 Å². The summed E-state index contributed by atoms with van der Waals surface area (Å²) < 4.78 is 3.38. The lowest BCUT2D eigenvalue weighted by atomic mass is 10.1. The van der Waals surface area contributed by atoms with Gasteiger partial charge in [-0.25, -0.2) is 4.98 Å². The molecule has 1 aromatic carbocycles. The van der Waals surface area contributed by atoms with Gasteiger partial charge in [0.15, 0.2) is 0 Å². The number of hydrogen-bond donors (Lipinski definition) is 1. The number of aryl methyl sites for hydroxylation is 1. The molecule has 0 aliphatic heterocycles. The maximum Gasteiger partial charge on any atom is 0.0945 e. The van der Waals surface area contributed by atoms with Crippen LogP contribution in [0, 0.1) is 0 Å². The molecule has 1 aliphatic rings. The van der Waals surface area contributed by atoms with Gasteiger partial charge in [0.05, 0.1) is 6.33 Å². The molecular formula is C15H18BrN3. The molecule has 1 aromatic heterocycles. The van der Waals surface area contributed by atoms with Crippen molar-refractivity contribution in [3.8, 4) is 0 Å². The Hall–Kier alpha value is -1.13. The standard InChI is InChI=1S/C15H18BrN3/c16-14-4-1-3-13-12(14)5-6-15(13)18-7-2-9-19-10-8-17-11-19/h1,3-4,8,10-11,15,18H,2,5-7,9H2. The van der Waals surface area contributed by atoms with Gasteiger partial charge in [-0.3, -0.25) is 0 Å². The van der Waals surface area contributed by atoms with Crippen molar-refractivity contribution in [3.63, 3.8) is 0 Å². The molecule has 100 valence electrons. The number of nitrogens with zero attached hydrogens (tertiary/aromatic N) is 2. The summed E-state index contributed by atoms with van der Waals surface area (Å²) in [6.07, 6.45) is 9.25. The van der Waals surface area contributed by atoms with Crippen molar-refractivity contribution in [3.05, 3.63) is 52.5 Å². The van der Waals surface area contributed by atoms with Crippen LogP contribution in [0.5, 0.6) is 0 Å². The zero-order valence-electron chi connectivity index (χ0n) is 10.8. The van der Waals surface area contributed by atoms with E-state index in [1.165, 1.54) is 28.4 Å². The topological polar surface area (TPSA) is 29.9 Å². The summed E-state index contributed by atoms with van der Waals surface area (Å²) in [7, 11) is 0. The predicted molar refractivity (Wildman–Crippen MR) is 80.1 cm³/mol. The Morgan fingerprint density at radius 2 is 2.37 bits per heavy atom. The first kappa shape index (κ1) is 12.9. The van der Waals surface area contributed by atoms with Crippen molar-refractivity contribution in [2.75, 3.05) is 6.54 Å².